The number of thioether (sulfide) groups is 1. The minimum Gasteiger partial charge on any atom is -0.235 e. The molecule has 0 atom stereocenters. The number of nitrogens with zero attached hydrogens (tertiary/aromatic N) is 2. The molecule has 66 valence electrons. The molecule has 0 spiro atoms. The molecule has 13 heavy (non-hydrogen) atoms. The lowest BCUT2D eigenvalue weighted by Crippen LogP contribution is -1.85. The first-order valence-corrected chi connectivity index (χ1v) is 5.90. The van der Waals surface area contributed by atoms with Crippen molar-refractivity contribution in [1.82, 2.24) is 9.97 Å². The second-order valence-electron chi connectivity index (χ2n) is 2.42. The van der Waals surface area contributed by atoms with E-state index in [0.717, 1.165) is 15.6 Å². The van der Waals surface area contributed by atoms with Gasteiger partial charge in [-0.25, -0.2) is 9.97 Å². The summed E-state index contributed by atoms with van der Waals surface area (Å²) in [7, 11) is 0. The second-order valence-corrected chi connectivity index (χ2v) is 4.25. The Kier molecular flexibility index (Phi) is 2.61. The van der Waals surface area contributed by atoms with Crippen molar-refractivity contribution in [3.63, 3.8) is 0 Å². The molecule has 0 fully saturated rings. The lowest BCUT2D eigenvalue weighted by molar-refractivity contribution is 1.12. The van der Waals surface area contributed by atoms with Crippen LogP contribution in [0.15, 0.2) is 34.8 Å². The van der Waals surface area contributed by atoms with Crippen LogP contribution in [0.1, 0.15) is 0 Å². The number of rotatable bonds is 2. The van der Waals surface area contributed by atoms with E-state index in [1.807, 2.05) is 36.2 Å². The molecule has 0 N–H and O–H groups in total. The molecule has 0 aliphatic rings. The highest BCUT2D eigenvalue weighted by atomic mass is 32.2. The van der Waals surface area contributed by atoms with E-state index in [-0.39, 0.29) is 0 Å². The molecule has 0 radical (unpaired) electrons. The largest absolute Gasteiger partial charge is 0.235 e. The monoisotopic (exact) mass is 208 g/mol. The maximum Gasteiger partial charge on any atom is 0.169 e. The van der Waals surface area contributed by atoms with Crippen molar-refractivity contribution in [3.8, 4) is 10.7 Å². The first kappa shape index (κ1) is 8.72. The zero-order chi connectivity index (χ0) is 9.10. The van der Waals surface area contributed by atoms with Gasteiger partial charge in [0.2, 0.25) is 0 Å². The smallest absolute Gasteiger partial charge is 0.169 e. The second kappa shape index (κ2) is 3.89. The van der Waals surface area contributed by atoms with Gasteiger partial charge >= 0.3 is 0 Å². The summed E-state index contributed by atoms with van der Waals surface area (Å²) in [6.45, 7) is 0. The average Bonchev–Trinajstić information content (AvgIpc) is 2.71. The van der Waals surface area contributed by atoms with Crippen LogP contribution in [0.25, 0.3) is 10.7 Å². The van der Waals surface area contributed by atoms with Crippen LogP contribution in [0.5, 0.6) is 0 Å². The lowest BCUT2D eigenvalue weighted by atomic mass is 10.4. The molecule has 0 aliphatic carbocycles. The molecule has 2 aromatic heterocycles. The highest BCUT2D eigenvalue weighted by Gasteiger charge is 2.00. The van der Waals surface area contributed by atoms with Crippen LogP contribution in [-0.2, 0) is 0 Å². The van der Waals surface area contributed by atoms with E-state index in [9.17, 15) is 0 Å². The molecular formula is C9H8N2S2. The zero-order valence-electron chi connectivity index (χ0n) is 7.10. The summed E-state index contributed by atoms with van der Waals surface area (Å²) in [5.74, 6) is 0.813. The predicted molar refractivity (Wildman–Crippen MR) is 57.1 cm³/mol. The minimum atomic E-state index is 0.813. The van der Waals surface area contributed by atoms with Gasteiger partial charge in [-0.3, -0.25) is 0 Å². The Balaban J connectivity index is 2.33. The van der Waals surface area contributed by atoms with E-state index in [0.29, 0.717) is 0 Å². The van der Waals surface area contributed by atoms with Crippen LogP contribution < -0.4 is 0 Å². The van der Waals surface area contributed by atoms with Crippen molar-refractivity contribution in [3.05, 3.63) is 29.9 Å². The van der Waals surface area contributed by atoms with Gasteiger partial charge in [0.05, 0.1) is 4.88 Å². The van der Waals surface area contributed by atoms with Gasteiger partial charge in [-0.2, -0.15) is 0 Å². The Bertz CT molecular complexity index is 367. The van der Waals surface area contributed by atoms with E-state index in [1.54, 1.807) is 23.1 Å². The molecule has 2 heterocycles. The van der Waals surface area contributed by atoms with Crippen LogP contribution in [0, 0.1) is 0 Å². The quantitative estimate of drug-likeness (QED) is 0.710. The number of aromatic nitrogens is 2. The molecule has 2 rings (SSSR count). The van der Waals surface area contributed by atoms with Gasteiger partial charge in [-0.1, -0.05) is 6.07 Å². The van der Waals surface area contributed by atoms with Gasteiger partial charge < -0.3 is 0 Å². The SMILES string of the molecule is CSc1cnc(-c2cccs2)nc1. The number of hydrogen-bond donors (Lipinski definition) is 0. The fourth-order valence-corrected chi connectivity index (χ4v) is 1.94. The Hall–Kier alpha value is -0.870. The van der Waals surface area contributed by atoms with Crippen molar-refractivity contribution in [1.29, 1.82) is 0 Å². The lowest BCUT2D eigenvalue weighted by Gasteiger charge is -1.96. The fourth-order valence-electron chi connectivity index (χ4n) is 0.955. The molecule has 2 aromatic rings. The van der Waals surface area contributed by atoms with E-state index in [4.69, 9.17) is 0 Å². The topological polar surface area (TPSA) is 25.8 Å². The first-order chi connectivity index (χ1) is 6.40. The maximum atomic E-state index is 4.27. The highest BCUT2D eigenvalue weighted by molar-refractivity contribution is 7.98. The Morgan fingerprint density at radius 2 is 2.08 bits per heavy atom. The summed E-state index contributed by atoms with van der Waals surface area (Å²) in [5, 5.41) is 2.03. The highest BCUT2D eigenvalue weighted by Crippen LogP contribution is 2.21. The van der Waals surface area contributed by atoms with E-state index in [1.165, 1.54) is 0 Å². The molecule has 0 unspecified atom stereocenters. The third-order valence-corrected chi connectivity index (χ3v) is 3.15. The van der Waals surface area contributed by atoms with Crippen LogP contribution in [0.4, 0.5) is 0 Å². The van der Waals surface area contributed by atoms with Gasteiger partial charge in [-0.05, 0) is 17.7 Å². The van der Waals surface area contributed by atoms with Crippen LogP contribution in [0.2, 0.25) is 0 Å². The van der Waals surface area contributed by atoms with Crippen LogP contribution in [-0.4, -0.2) is 16.2 Å². The van der Waals surface area contributed by atoms with Crippen molar-refractivity contribution in [2.75, 3.05) is 6.26 Å². The molecule has 0 saturated heterocycles. The maximum absolute atomic E-state index is 4.27. The van der Waals surface area contributed by atoms with Crippen molar-refractivity contribution < 1.29 is 0 Å². The Labute approximate surface area is 85.1 Å². The summed E-state index contributed by atoms with van der Waals surface area (Å²) in [6, 6.07) is 4.03. The first-order valence-electron chi connectivity index (χ1n) is 3.80. The minimum absolute atomic E-state index is 0.813. The van der Waals surface area contributed by atoms with E-state index in [2.05, 4.69) is 9.97 Å². The molecule has 0 saturated carbocycles. The van der Waals surface area contributed by atoms with Crippen molar-refractivity contribution in [2.24, 2.45) is 0 Å². The van der Waals surface area contributed by atoms with Gasteiger partial charge in [0.15, 0.2) is 5.82 Å². The molecule has 0 bridgehead atoms. The number of thiophene rings is 1. The zero-order valence-corrected chi connectivity index (χ0v) is 8.73. The van der Waals surface area contributed by atoms with Crippen LogP contribution >= 0.6 is 23.1 Å². The van der Waals surface area contributed by atoms with Crippen molar-refractivity contribution >= 4 is 23.1 Å². The summed E-state index contributed by atoms with van der Waals surface area (Å²) in [4.78, 5) is 10.8. The molecule has 2 nitrogen and oxygen atoms in total. The third kappa shape index (κ3) is 1.89. The Morgan fingerprint density at radius 1 is 1.31 bits per heavy atom. The summed E-state index contributed by atoms with van der Waals surface area (Å²) in [6.07, 6.45) is 5.73. The number of hydrogen-bond acceptors (Lipinski definition) is 4. The average molecular weight is 208 g/mol. The Morgan fingerprint density at radius 3 is 2.62 bits per heavy atom. The normalized spacial score (nSPS) is 10.2. The van der Waals surface area contributed by atoms with Gasteiger partial charge in [-0.15, -0.1) is 23.1 Å². The molecular weight excluding hydrogens is 200 g/mol. The van der Waals surface area contributed by atoms with Gasteiger partial charge in [0.1, 0.15) is 0 Å². The fraction of sp³-hybridized carbons (Fsp3) is 0.111. The molecule has 0 aliphatic heterocycles. The predicted octanol–water partition coefficient (Wildman–Crippen LogP) is 2.93. The van der Waals surface area contributed by atoms with Gasteiger partial charge in [0, 0.05) is 17.3 Å². The van der Waals surface area contributed by atoms with Crippen LogP contribution in [0.3, 0.4) is 0 Å². The molecule has 0 aromatic carbocycles. The summed E-state index contributed by atoms with van der Waals surface area (Å²) >= 11 is 3.31. The van der Waals surface area contributed by atoms with Crippen molar-refractivity contribution in [2.45, 2.75) is 4.90 Å². The van der Waals surface area contributed by atoms with E-state index < -0.39 is 0 Å². The molecule has 0 amide bonds. The molecule has 4 heteroatoms. The third-order valence-electron chi connectivity index (χ3n) is 1.61. The standard InChI is InChI=1S/C9H8N2S2/c1-12-7-5-10-9(11-6-7)8-3-2-4-13-8/h2-6H,1H3. The van der Waals surface area contributed by atoms with E-state index >= 15 is 0 Å². The van der Waals surface area contributed by atoms with Gasteiger partial charge in [0.25, 0.3) is 0 Å². The summed E-state index contributed by atoms with van der Waals surface area (Å²) in [5.41, 5.74) is 0. The summed E-state index contributed by atoms with van der Waals surface area (Å²) < 4.78 is 0.